The van der Waals surface area contributed by atoms with Crippen LogP contribution in [0.1, 0.15) is 13.3 Å². The summed E-state index contributed by atoms with van der Waals surface area (Å²) in [4.78, 5) is 30.0. The highest BCUT2D eigenvalue weighted by Gasteiger charge is 2.16. The summed E-state index contributed by atoms with van der Waals surface area (Å²) < 4.78 is 12.2. The molecule has 152 valence electrons. The zero-order valence-corrected chi connectivity index (χ0v) is 17.4. The van der Waals surface area contributed by atoms with Crippen LogP contribution in [0.4, 0.5) is 0 Å². The van der Waals surface area contributed by atoms with Crippen LogP contribution < -0.4 is 20.3 Å². The molecule has 0 aliphatic rings. The van der Waals surface area contributed by atoms with Gasteiger partial charge in [-0.1, -0.05) is 30.8 Å². The first-order valence-corrected chi connectivity index (χ1v) is 10.2. The zero-order chi connectivity index (χ0) is 20.8. The van der Waals surface area contributed by atoms with Gasteiger partial charge in [0.25, 0.3) is 5.56 Å². The second kappa shape index (κ2) is 9.47. The third kappa shape index (κ3) is 4.54. The van der Waals surface area contributed by atoms with Gasteiger partial charge in [0.15, 0.2) is 16.7 Å². The van der Waals surface area contributed by atoms with E-state index in [0.717, 1.165) is 6.42 Å². The van der Waals surface area contributed by atoms with Gasteiger partial charge in [0.1, 0.15) is 0 Å². The Balaban J connectivity index is 2.10. The topological polar surface area (TPSA) is 82.5 Å². The Morgan fingerprint density at radius 2 is 1.90 bits per heavy atom. The maximum atomic E-state index is 13.3. The Morgan fingerprint density at radius 1 is 1.14 bits per heavy atom. The van der Waals surface area contributed by atoms with E-state index in [0.29, 0.717) is 39.8 Å². The van der Waals surface area contributed by atoms with Crippen molar-refractivity contribution in [2.75, 3.05) is 26.5 Å². The smallest absolute Gasteiger partial charge is 0.266 e. The quantitative estimate of drug-likeness (QED) is 0.452. The molecule has 1 heterocycles. The molecule has 0 aliphatic heterocycles. The number of carbonyl (C=O) groups excluding carboxylic acids is 1. The third-order valence-corrected chi connectivity index (χ3v) is 5.21. The molecule has 1 amide bonds. The Bertz CT molecular complexity index is 1080. The van der Waals surface area contributed by atoms with E-state index in [2.05, 4.69) is 10.3 Å². The van der Waals surface area contributed by atoms with Gasteiger partial charge >= 0.3 is 0 Å². The number of aromatic nitrogens is 2. The average Bonchev–Trinajstić information content (AvgIpc) is 2.75. The van der Waals surface area contributed by atoms with Gasteiger partial charge in [-0.15, -0.1) is 0 Å². The number of hydrogen-bond donors (Lipinski definition) is 1. The molecule has 7 nitrogen and oxygen atoms in total. The summed E-state index contributed by atoms with van der Waals surface area (Å²) in [6.45, 7) is 2.61. The normalized spacial score (nSPS) is 10.7. The van der Waals surface area contributed by atoms with Crippen LogP contribution in [0.2, 0.25) is 0 Å². The molecule has 0 bridgehead atoms. The standard InChI is InChI=1S/C21H23N3O4S/c1-4-11-22-19(25)13-29-21-23-16-8-6-5-7-15(16)20(26)24(21)14-9-10-17(27-2)18(12-14)28-3/h5-10,12H,4,11,13H2,1-3H3,(H,22,25). The van der Waals surface area contributed by atoms with E-state index >= 15 is 0 Å². The van der Waals surface area contributed by atoms with Crippen molar-refractivity contribution in [1.29, 1.82) is 0 Å². The average molecular weight is 413 g/mol. The molecular weight excluding hydrogens is 390 g/mol. The summed E-state index contributed by atoms with van der Waals surface area (Å²) in [6, 6.07) is 12.4. The minimum Gasteiger partial charge on any atom is -0.493 e. The van der Waals surface area contributed by atoms with Crippen molar-refractivity contribution >= 4 is 28.6 Å². The highest BCUT2D eigenvalue weighted by molar-refractivity contribution is 7.99. The second-order valence-electron chi connectivity index (χ2n) is 6.23. The number of hydrogen-bond acceptors (Lipinski definition) is 6. The number of nitrogens with one attached hydrogen (secondary N) is 1. The Kier molecular flexibility index (Phi) is 6.77. The molecule has 0 unspecified atom stereocenters. The van der Waals surface area contributed by atoms with Gasteiger partial charge in [-0.2, -0.15) is 0 Å². The van der Waals surface area contributed by atoms with Gasteiger partial charge in [0.05, 0.1) is 36.6 Å². The summed E-state index contributed by atoms with van der Waals surface area (Å²) in [7, 11) is 3.09. The molecule has 0 spiro atoms. The van der Waals surface area contributed by atoms with Crippen LogP contribution in [0.5, 0.6) is 11.5 Å². The second-order valence-corrected chi connectivity index (χ2v) is 7.17. The molecule has 0 saturated carbocycles. The molecule has 0 radical (unpaired) electrons. The van der Waals surface area contributed by atoms with Crippen LogP contribution >= 0.6 is 11.8 Å². The lowest BCUT2D eigenvalue weighted by Crippen LogP contribution is -2.27. The van der Waals surface area contributed by atoms with Crippen molar-refractivity contribution in [3.63, 3.8) is 0 Å². The van der Waals surface area contributed by atoms with E-state index in [-0.39, 0.29) is 17.2 Å². The van der Waals surface area contributed by atoms with Crippen molar-refractivity contribution in [3.8, 4) is 17.2 Å². The largest absolute Gasteiger partial charge is 0.493 e. The van der Waals surface area contributed by atoms with E-state index in [4.69, 9.17) is 9.47 Å². The number of para-hydroxylation sites is 1. The molecule has 0 fully saturated rings. The summed E-state index contributed by atoms with van der Waals surface area (Å²) in [6.07, 6.45) is 0.862. The van der Waals surface area contributed by atoms with E-state index < -0.39 is 0 Å². The molecule has 3 rings (SSSR count). The molecule has 29 heavy (non-hydrogen) atoms. The van der Waals surface area contributed by atoms with Crippen molar-refractivity contribution in [3.05, 3.63) is 52.8 Å². The van der Waals surface area contributed by atoms with Crippen LogP contribution in [0, 0.1) is 0 Å². The molecule has 0 aliphatic carbocycles. The number of ether oxygens (including phenoxy) is 2. The maximum absolute atomic E-state index is 13.3. The fraction of sp³-hybridized carbons (Fsp3) is 0.286. The number of nitrogens with zero attached hydrogens (tertiary/aromatic N) is 2. The Labute approximate surface area is 173 Å². The maximum Gasteiger partial charge on any atom is 0.266 e. The first kappa shape index (κ1) is 20.7. The van der Waals surface area contributed by atoms with E-state index in [1.54, 1.807) is 43.5 Å². The summed E-state index contributed by atoms with van der Waals surface area (Å²) in [5.41, 5.74) is 0.965. The van der Waals surface area contributed by atoms with Crippen LogP contribution in [0.3, 0.4) is 0 Å². The summed E-state index contributed by atoms with van der Waals surface area (Å²) in [5.74, 6) is 1.13. The molecular formula is C21H23N3O4S. The van der Waals surface area contributed by atoms with Crippen molar-refractivity contribution in [2.45, 2.75) is 18.5 Å². The minimum atomic E-state index is -0.209. The van der Waals surface area contributed by atoms with Crippen molar-refractivity contribution < 1.29 is 14.3 Å². The van der Waals surface area contributed by atoms with E-state index in [9.17, 15) is 9.59 Å². The lowest BCUT2D eigenvalue weighted by molar-refractivity contribution is -0.118. The molecule has 1 aromatic heterocycles. The van der Waals surface area contributed by atoms with Gasteiger partial charge in [-0.3, -0.25) is 14.2 Å². The van der Waals surface area contributed by atoms with Gasteiger partial charge in [-0.25, -0.2) is 4.98 Å². The van der Waals surface area contributed by atoms with E-state index in [1.165, 1.54) is 23.4 Å². The van der Waals surface area contributed by atoms with Gasteiger partial charge in [-0.05, 0) is 30.7 Å². The van der Waals surface area contributed by atoms with E-state index in [1.807, 2.05) is 13.0 Å². The molecule has 0 saturated heterocycles. The Hall–Kier alpha value is -3.00. The molecule has 3 aromatic rings. The monoisotopic (exact) mass is 413 g/mol. The predicted molar refractivity (Wildman–Crippen MR) is 114 cm³/mol. The number of amides is 1. The van der Waals surface area contributed by atoms with Crippen molar-refractivity contribution in [2.24, 2.45) is 0 Å². The highest BCUT2D eigenvalue weighted by Crippen LogP contribution is 2.30. The first-order valence-electron chi connectivity index (χ1n) is 9.22. The van der Waals surface area contributed by atoms with Gasteiger partial charge < -0.3 is 14.8 Å². The van der Waals surface area contributed by atoms with Crippen LogP contribution in [-0.2, 0) is 4.79 Å². The minimum absolute atomic E-state index is 0.0990. The predicted octanol–water partition coefficient (Wildman–Crippen LogP) is 3.02. The van der Waals surface area contributed by atoms with Crippen LogP contribution in [0.15, 0.2) is 52.4 Å². The number of benzene rings is 2. The number of fused-ring (bicyclic) bond motifs is 1. The van der Waals surface area contributed by atoms with Crippen molar-refractivity contribution in [1.82, 2.24) is 14.9 Å². The Morgan fingerprint density at radius 3 is 2.62 bits per heavy atom. The van der Waals surface area contributed by atoms with Gasteiger partial charge in [0.2, 0.25) is 5.91 Å². The lowest BCUT2D eigenvalue weighted by atomic mass is 10.2. The van der Waals surface area contributed by atoms with Crippen LogP contribution in [0.25, 0.3) is 16.6 Å². The lowest BCUT2D eigenvalue weighted by Gasteiger charge is -2.15. The summed E-state index contributed by atoms with van der Waals surface area (Å²) >= 11 is 1.22. The van der Waals surface area contributed by atoms with Gasteiger partial charge in [0, 0.05) is 12.6 Å². The zero-order valence-electron chi connectivity index (χ0n) is 16.6. The SMILES string of the molecule is CCCNC(=O)CSc1nc2ccccc2c(=O)n1-c1ccc(OC)c(OC)c1. The fourth-order valence-electron chi connectivity index (χ4n) is 2.85. The molecule has 2 aromatic carbocycles. The molecule has 0 atom stereocenters. The number of thioether (sulfide) groups is 1. The third-order valence-electron chi connectivity index (χ3n) is 4.27. The molecule has 8 heteroatoms. The first-order chi connectivity index (χ1) is 14.1. The van der Waals surface area contributed by atoms with Crippen LogP contribution in [-0.4, -0.2) is 42.0 Å². The number of carbonyl (C=O) groups is 1. The summed E-state index contributed by atoms with van der Waals surface area (Å²) in [5, 5.41) is 3.77. The highest BCUT2D eigenvalue weighted by atomic mass is 32.2. The number of rotatable bonds is 8. The molecule has 1 N–H and O–H groups in total. The fourth-order valence-corrected chi connectivity index (χ4v) is 3.69. The number of methoxy groups -OCH3 is 2.